The highest BCUT2D eigenvalue weighted by Crippen LogP contribution is 2.31. The molecule has 2 aromatic heterocycles. The van der Waals surface area contributed by atoms with Crippen LogP contribution in [0.2, 0.25) is 0 Å². The monoisotopic (exact) mass is 497 g/mol. The Balaban J connectivity index is 1.45. The lowest BCUT2D eigenvalue weighted by Crippen LogP contribution is -2.33. The van der Waals surface area contributed by atoms with E-state index in [0.717, 1.165) is 23.4 Å². The Kier molecular flexibility index (Phi) is 7.20. The third-order valence-electron chi connectivity index (χ3n) is 5.23. The molecule has 0 bridgehead atoms. The molecule has 4 N–H and O–H groups in total. The number of aliphatic hydroxyl groups excluding tert-OH is 1. The number of hydrogen-bond acceptors (Lipinski definition) is 6. The molecular formula is C25H22F3N5O3. The SMILES string of the molecule is Cc1cnc(Nc2ccccc2)nc1-c1c[nH]c(OC(=O)NC(CO)c2cccc(C(F)(F)F)c2)c1. The van der Waals surface area contributed by atoms with Crippen LogP contribution in [-0.4, -0.2) is 32.8 Å². The second kappa shape index (κ2) is 10.5. The molecule has 8 nitrogen and oxygen atoms in total. The number of H-pyrrole nitrogens is 1. The van der Waals surface area contributed by atoms with Gasteiger partial charge in [-0.15, -0.1) is 0 Å². The number of ether oxygens (including phenoxy) is 1. The van der Waals surface area contributed by atoms with Crippen LogP contribution in [0.3, 0.4) is 0 Å². The van der Waals surface area contributed by atoms with Crippen molar-refractivity contribution in [2.75, 3.05) is 11.9 Å². The third kappa shape index (κ3) is 5.99. The molecule has 2 aromatic carbocycles. The summed E-state index contributed by atoms with van der Waals surface area (Å²) >= 11 is 0. The van der Waals surface area contributed by atoms with E-state index in [9.17, 15) is 23.1 Å². The summed E-state index contributed by atoms with van der Waals surface area (Å²) in [6, 6.07) is 14.2. The number of aliphatic hydroxyl groups is 1. The summed E-state index contributed by atoms with van der Waals surface area (Å²) in [7, 11) is 0. The van der Waals surface area contributed by atoms with Crippen molar-refractivity contribution in [1.82, 2.24) is 20.3 Å². The van der Waals surface area contributed by atoms with Gasteiger partial charge in [-0.3, -0.25) is 0 Å². The predicted octanol–water partition coefficient (Wildman–Crippen LogP) is 5.36. The smallest absolute Gasteiger partial charge is 0.394 e. The molecule has 0 fully saturated rings. The van der Waals surface area contributed by atoms with Gasteiger partial charge in [0.05, 0.1) is 23.9 Å². The lowest BCUT2D eigenvalue weighted by Gasteiger charge is -2.17. The molecule has 186 valence electrons. The summed E-state index contributed by atoms with van der Waals surface area (Å²) in [4.78, 5) is 24.0. The zero-order valence-electron chi connectivity index (χ0n) is 19.0. The summed E-state index contributed by atoms with van der Waals surface area (Å²) in [5.74, 6) is 0.467. The molecule has 0 radical (unpaired) electrons. The van der Waals surface area contributed by atoms with Crippen LogP contribution in [0.25, 0.3) is 11.3 Å². The number of carbonyl (C=O) groups excluding carboxylic acids is 1. The Morgan fingerprint density at radius 3 is 2.64 bits per heavy atom. The van der Waals surface area contributed by atoms with E-state index in [-0.39, 0.29) is 11.4 Å². The summed E-state index contributed by atoms with van der Waals surface area (Å²) in [6.45, 7) is 1.21. The van der Waals surface area contributed by atoms with Gasteiger partial charge in [0.15, 0.2) is 0 Å². The van der Waals surface area contributed by atoms with Crippen molar-refractivity contribution in [2.24, 2.45) is 0 Å². The van der Waals surface area contributed by atoms with Crippen molar-refractivity contribution in [1.29, 1.82) is 0 Å². The lowest BCUT2D eigenvalue weighted by molar-refractivity contribution is -0.137. The van der Waals surface area contributed by atoms with Crippen molar-refractivity contribution >= 4 is 17.7 Å². The first-order valence-electron chi connectivity index (χ1n) is 10.8. The number of aromatic amines is 1. The van der Waals surface area contributed by atoms with E-state index in [4.69, 9.17) is 4.74 Å². The molecule has 0 aliphatic carbocycles. The Hall–Kier alpha value is -4.38. The zero-order valence-corrected chi connectivity index (χ0v) is 19.0. The quantitative estimate of drug-likeness (QED) is 0.273. The second-order valence-corrected chi connectivity index (χ2v) is 7.86. The molecule has 1 atom stereocenters. The highest BCUT2D eigenvalue weighted by atomic mass is 19.4. The first-order valence-corrected chi connectivity index (χ1v) is 10.8. The summed E-state index contributed by atoms with van der Waals surface area (Å²) in [5.41, 5.74) is 2.04. The number of aryl methyl sites for hydroxylation is 1. The van der Waals surface area contributed by atoms with Gasteiger partial charge in [-0.2, -0.15) is 13.2 Å². The van der Waals surface area contributed by atoms with Crippen LogP contribution < -0.4 is 15.4 Å². The van der Waals surface area contributed by atoms with E-state index in [2.05, 4.69) is 25.6 Å². The Labute approximate surface area is 204 Å². The van der Waals surface area contributed by atoms with Crippen LogP contribution in [0, 0.1) is 6.92 Å². The van der Waals surface area contributed by atoms with E-state index in [0.29, 0.717) is 17.2 Å². The number of aromatic nitrogens is 3. The third-order valence-corrected chi connectivity index (χ3v) is 5.23. The number of amides is 1. The van der Waals surface area contributed by atoms with Gasteiger partial charge in [-0.1, -0.05) is 30.3 Å². The van der Waals surface area contributed by atoms with Gasteiger partial charge in [-0.05, 0) is 42.3 Å². The van der Waals surface area contributed by atoms with Crippen LogP contribution in [0.1, 0.15) is 22.7 Å². The van der Waals surface area contributed by atoms with Crippen LogP contribution in [-0.2, 0) is 6.18 Å². The van der Waals surface area contributed by atoms with Crippen molar-refractivity contribution < 1.29 is 27.8 Å². The van der Waals surface area contributed by atoms with E-state index in [1.54, 1.807) is 18.5 Å². The summed E-state index contributed by atoms with van der Waals surface area (Å²) in [5, 5.41) is 15.1. The number of alkyl halides is 3. The Morgan fingerprint density at radius 1 is 1.14 bits per heavy atom. The van der Waals surface area contributed by atoms with E-state index in [1.807, 2.05) is 37.3 Å². The number of nitrogens with zero attached hydrogens (tertiary/aromatic N) is 2. The number of hydrogen-bond donors (Lipinski definition) is 4. The molecule has 36 heavy (non-hydrogen) atoms. The standard InChI is InChI=1S/C25H22F3N5O3/c1-15-12-30-23(31-19-8-3-2-4-9-19)33-22(15)17-11-21(29-13-17)36-24(35)32-20(14-34)16-6-5-7-18(10-16)25(26,27)28/h2-13,20,29,34H,14H2,1H3,(H,32,35)(H,30,31,33). The number of carbonyl (C=O) groups is 1. The summed E-state index contributed by atoms with van der Waals surface area (Å²) in [6.07, 6.45) is -2.24. The maximum Gasteiger partial charge on any atom is 0.416 e. The van der Waals surface area contributed by atoms with Gasteiger partial charge in [0.25, 0.3) is 0 Å². The van der Waals surface area contributed by atoms with Gasteiger partial charge in [0.1, 0.15) is 0 Å². The van der Waals surface area contributed by atoms with Crippen LogP contribution >= 0.6 is 0 Å². The second-order valence-electron chi connectivity index (χ2n) is 7.86. The number of anilines is 2. The van der Waals surface area contributed by atoms with Gasteiger partial charge in [0, 0.05) is 29.7 Å². The fourth-order valence-electron chi connectivity index (χ4n) is 3.45. The fourth-order valence-corrected chi connectivity index (χ4v) is 3.45. The van der Waals surface area contributed by atoms with Crippen molar-refractivity contribution in [3.63, 3.8) is 0 Å². The number of halogens is 3. The van der Waals surface area contributed by atoms with Gasteiger partial charge in [0.2, 0.25) is 11.8 Å². The maximum atomic E-state index is 13.0. The van der Waals surface area contributed by atoms with Gasteiger partial charge in [-0.25, -0.2) is 14.8 Å². The maximum absolute atomic E-state index is 13.0. The van der Waals surface area contributed by atoms with Crippen molar-refractivity contribution in [3.05, 3.63) is 89.7 Å². The number of nitrogens with one attached hydrogen (secondary N) is 3. The minimum absolute atomic E-state index is 0.0822. The first kappa shape index (κ1) is 24.7. The van der Waals surface area contributed by atoms with E-state index in [1.165, 1.54) is 12.1 Å². The average Bonchev–Trinajstić information content (AvgIpc) is 3.32. The summed E-state index contributed by atoms with van der Waals surface area (Å²) < 4.78 is 44.2. The highest BCUT2D eigenvalue weighted by Gasteiger charge is 2.31. The molecule has 0 saturated heterocycles. The molecule has 0 saturated carbocycles. The normalized spacial score (nSPS) is 12.1. The molecule has 1 unspecified atom stereocenters. The topological polar surface area (TPSA) is 112 Å². The first-order chi connectivity index (χ1) is 17.2. The van der Waals surface area contributed by atoms with Crippen molar-refractivity contribution in [3.8, 4) is 17.1 Å². The Morgan fingerprint density at radius 2 is 1.92 bits per heavy atom. The molecular weight excluding hydrogens is 475 g/mol. The number of rotatable bonds is 7. The van der Waals surface area contributed by atoms with E-state index < -0.39 is 30.5 Å². The van der Waals surface area contributed by atoms with Crippen molar-refractivity contribution in [2.45, 2.75) is 19.1 Å². The molecule has 4 aromatic rings. The predicted molar refractivity (Wildman–Crippen MR) is 127 cm³/mol. The molecule has 0 aliphatic rings. The molecule has 1 amide bonds. The minimum Gasteiger partial charge on any atom is -0.394 e. The van der Waals surface area contributed by atoms with Crippen LogP contribution in [0.15, 0.2) is 73.1 Å². The molecule has 2 heterocycles. The van der Waals surface area contributed by atoms with Gasteiger partial charge < -0.3 is 25.5 Å². The largest absolute Gasteiger partial charge is 0.416 e. The van der Waals surface area contributed by atoms with Crippen LogP contribution in [0.5, 0.6) is 5.88 Å². The molecule has 4 rings (SSSR count). The minimum atomic E-state index is -4.55. The molecule has 0 aliphatic heterocycles. The Bertz CT molecular complexity index is 1340. The lowest BCUT2D eigenvalue weighted by atomic mass is 10.0. The number of para-hydroxylation sites is 1. The highest BCUT2D eigenvalue weighted by molar-refractivity contribution is 5.72. The average molecular weight is 497 g/mol. The van der Waals surface area contributed by atoms with Crippen LogP contribution in [0.4, 0.5) is 29.6 Å². The zero-order chi connectivity index (χ0) is 25.7. The molecule has 11 heteroatoms. The number of benzene rings is 2. The van der Waals surface area contributed by atoms with E-state index >= 15 is 0 Å². The fraction of sp³-hybridized carbons (Fsp3) is 0.160. The molecule has 0 spiro atoms. The van der Waals surface area contributed by atoms with Gasteiger partial charge >= 0.3 is 12.3 Å².